The summed E-state index contributed by atoms with van der Waals surface area (Å²) >= 11 is 0. The van der Waals surface area contributed by atoms with Crippen LogP contribution in [-0.4, -0.2) is 59.4 Å². The zero-order valence-corrected chi connectivity index (χ0v) is 19.0. The van der Waals surface area contributed by atoms with E-state index in [1.807, 2.05) is 25.2 Å². The Hall–Kier alpha value is -3.12. The number of fused-ring (bicyclic) bond motifs is 2. The van der Waals surface area contributed by atoms with Crippen LogP contribution in [0.5, 0.6) is 5.75 Å². The highest BCUT2D eigenvalue weighted by atomic mass is 16.5. The van der Waals surface area contributed by atoms with Crippen LogP contribution in [0, 0.1) is 0 Å². The SMILES string of the molecule is [2H]C([2H])(c1c[nH]c2ccc(OCCCCCN3C(=O)c4ccccc4C3=O)cc12)[C@H]1CCCN1C. The summed E-state index contributed by atoms with van der Waals surface area (Å²) in [4.78, 5) is 31.5. The summed E-state index contributed by atoms with van der Waals surface area (Å²) in [5.74, 6) is 0.302. The van der Waals surface area contributed by atoms with Crippen LogP contribution >= 0.6 is 0 Å². The number of aromatic nitrogens is 1. The first kappa shape index (κ1) is 19.4. The molecule has 0 bridgehead atoms. The number of hydrogen-bond acceptors (Lipinski definition) is 4. The summed E-state index contributed by atoms with van der Waals surface area (Å²) in [6.45, 7) is 1.86. The minimum Gasteiger partial charge on any atom is -0.494 e. The first-order chi connectivity index (χ1) is 16.9. The molecule has 6 heteroatoms. The molecule has 2 aromatic carbocycles. The Morgan fingerprint density at radius 2 is 1.88 bits per heavy atom. The number of ether oxygens (including phenoxy) is 1. The maximum absolute atomic E-state index is 12.4. The van der Waals surface area contributed by atoms with Crippen LogP contribution in [0.15, 0.2) is 48.7 Å². The van der Waals surface area contributed by atoms with Crippen LogP contribution in [-0.2, 0) is 6.37 Å². The first-order valence-electron chi connectivity index (χ1n) is 12.8. The molecule has 1 N–H and O–H groups in total. The number of carbonyl (C=O) groups is 2. The molecule has 2 aliphatic rings. The van der Waals surface area contributed by atoms with Crippen molar-refractivity contribution in [3.05, 3.63) is 65.4 Å². The molecule has 5 rings (SSSR count). The van der Waals surface area contributed by atoms with Crippen molar-refractivity contribution in [1.82, 2.24) is 14.8 Å². The number of likely N-dealkylation sites (tertiary alicyclic amines) is 1. The summed E-state index contributed by atoms with van der Waals surface area (Å²) in [5, 5.41) is 0.860. The summed E-state index contributed by atoms with van der Waals surface area (Å²) in [6.07, 6.45) is 4.57. The van der Waals surface area contributed by atoms with Crippen LogP contribution in [0.2, 0.25) is 0 Å². The summed E-state index contributed by atoms with van der Waals surface area (Å²) in [7, 11) is 1.99. The Bertz CT molecular complexity index is 1220. The molecule has 2 aliphatic heterocycles. The molecule has 0 saturated carbocycles. The number of likely N-dealkylation sites (N-methyl/N-ethyl adjacent to an activating group) is 1. The van der Waals surface area contributed by atoms with Crippen molar-refractivity contribution in [3.63, 3.8) is 0 Å². The van der Waals surface area contributed by atoms with E-state index in [9.17, 15) is 9.59 Å². The zero-order chi connectivity index (χ0) is 24.6. The van der Waals surface area contributed by atoms with Gasteiger partial charge in [-0.1, -0.05) is 12.1 Å². The van der Waals surface area contributed by atoms with Gasteiger partial charge in [0.1, 0.15) is 5.75 Å². The maximum atomic E-state index is 12.4. The largest absolute Gasteiger partial charge is 0.494 e. The van der Waals surface area contributed by atoms with Gasteiger partial charge in [0.25, 0.3) is 11.8 Å². The van der Waals surface area contributed by atoms with Gasteiger partial charge in [-0.25, -0.2) is 0 Å². The molecule has 0 spiro atoms. The molecule has 2 amide bonds. The summed E-state index contributed by atoms with van der Waals surface area (Å²) in [5.41, 5.74) is 2.56. The first-order valence-corrected chi connectivity index (χ1v) is 11.8. The van der Waals surface area contributed by atoms with E-state index in [0.717, 1.165) is 49.6 Å². The van der Waals surface area contributed by atoms with Gasteiger partial charge >= 0.3 is 0 Å². The predicted octanol–water partition coefficient (Wildman–Crippen LogP) is 4.65. The lowest BCUT2D eigenvalue weighted by molar-refractivity contribution is 0.0651. The number of nitrogens with zero attached hydrogens (tertiary/aromatic N) is 2. The standard InChI is InChI=1S/C27H31N3O3/c1-29-13-7-8-20(29)16-19-18-28-25-12-11-21(17-24(19)25)33-15-6-2-5-14-30-26(31)22-9-3-4-10-23(22)27(30)32/h3-4,9-12,17-18,20,28H,2,5-8,13-16H2,1H3/t20-/m1/s1/i16D2. The van der Waals surface area contributed by atoms with E-state index >= 15 is 0 Å². The third kappa shape index (κ3) is 4.40. The van der Waals surface area contributed by atoms with Crippen molar-refractivity contribution in [2.24, 2.45) is 0 Å². The number of nitrogens with one attached hydrogen (secondary N) is 1. The monoisotopic (exact) mass is 447 g/mol. The molecule has 172 valence electrons. The number of imide groups is 1. The van der Waals surface area contributed by atoms with Crippen molar-refractivity contribution in [3.8, 4) is 5.75 Å². The van der Waals surface area contributed by atoms with Crippen molar-refractivity contribution < 1.29 is 17.1 Å². The number of hydrogen-bond donors (Lipinski definition) is 1. The lowest BCUT2D eigenvalue weighted by Crippen LogP contribution is -2.30. The number of rotatable bonds is 9. The minimum atomic E-state index is -1.45. The lowest BCUT2D eigenvalue weighted by Gasteiger charge is -2.18. The highest BCUT2D eigenvalue weighted by molar-refractivity contribution is 6.21. The summed E-state index contributed by atoms with van der Waals surface area (Å²) < 4.78 is 23.6. The van der Waals surface area contributed by atoms with Crippen molar-refractivity contribution in [2.75, 3.05) is 26.7 Å². The van der Waals surface area contributed by atoms with Crippen LogP contribution in [0.1, 0.15) is 61.1 Å². The van der Waals surface area contributed by atoms with Gasteiger partial charge < -0.3 is 14.6 Å². The minimum absolute atomic E-state index is 0.131. The Morgan fingerprint density at radius 3 is 2.61 bits per heavy atom. The fourth-order valence-corrected chi connectivity index (χ4v) is 4.76. The summed E-state index contributed by atoms with van der Waals surface area (Å²) in [6, 6.07) is 12.6. The van der Waals surface area contributed by atoms with E-state index in [0.29, 0.717) is 35.6 Å². The molecule has 0 aliphatic carbocycles. The Kier molecular flexibility index (Phi) is 5.51. The van der Waals surface area contributed by atoms with Crippen molar-refractivity contribution >= 4 is 22.7 Å². The topological polar surface area (TPSA) is 65.6 Å². The second-order valence-electron chi connectivity index (χ2n) is 8.91. The van der Waals surface area contributed by atoms with Crippen LogP contribution in [0.25, 0.3) is 10.9 Å². The van der Waals surface area contributed by atoms with E-state index < -0.39 is 6.37 Å². The lowest BCUT2D eigenvalue weighted by atomic mass is 10.0. The fourth-order valence-electron chi connectivity index (χ4n) is 4.76. The molecule has 1 fully saturated rings. The van der Waals surface area contributed by atoms with Gasteiger partial charge in [-0.2, -0.15) is 0 Å². The van der Waals surface area contributed by atoms with E-state index in [2.05, 4.69) is 9.88 Å². The van der Waals surface area contributed by atoms with Gasteiger partial charge in [-0.3, -0.25) is 14.5 Å². The molecule has 3 heterocycles. The van der Waals surface area contributed by atoms with Crippen molar-refractivity contribution in [1.29, 1.82) is 0 Å². The van der Waals surface area contributed by atoms with Gasteiger partial charge in [0.2, 0.25) is 0 Å². The molecule has 1 aromatic heterocycles. The molecule has 3 aromatic rings. The predicted molar refractivity (Wildman–Crippen MR) is 129 cm³/mol. The number of carbonyl (C=O) groups excluding carboxylic acids is 2. The second-order valence-corrected chi connectivity index (χ2v) is 8.91. The molecule has 1 saturated heterocycles. The third-order valence-electron chi connectivity index (χ3n) is 6.67. The molecule has 1 atom stereocenters. The molecular formula is C27H31N3O3. The van der Waals surface area contributed by atoms with E-state index in [-0.39, 0.29) is 17.9 Å². The third-order valence-corrected chi connectivity index (χ3v) is 6.67. The van der Waals surface area contributed by atoms with Crippen LogP contribution in [0.4, 0.5) is 0 Å². The second kappa shape index (κ2) is 9.40. The number of H-pyrrole nitrogens is 1. The normalized spacial score (nSPS) is 19.8. The quantitative estimate of drug-likeness (QED) is 0.383. The maximum Gasteiger partial charge on any atom is 0.261 e. The molecular weight excluding hydrogens is 414 g/mol. The average molecular weight is 448 g/mol. The van der Waals surface area contributed by atoms with Crippen LogP contribution < -0.4 is 4.74 Å². The Labute approximate surface area is 197 Å². The van der Waals surface area contributed by atoms with E-state index in [1.54, 1.807) is 30.5 Å². The number of benzene rings is 2. The highest BCUT2D eigenvalue weighted by Crippen LogP contribution is 2.28. The van der Waals surface area contributed by atoms with Gasteiger partial charge in [-0.15, -0.1) is 0 Å². The number of amides is 2. The van der Waals surface area contributed by atoms with Gasteiger partial charge in [0.15, 0.2) is 0 Å². The van der Waals surface area contributed by atoms with Gasteiger partial charge in [0.05, 0.1) is 17.7 Å². The molecule has 0 unspecified atom stereocenters. The molecule has 0 radical (unpaired) electrons. The van der Waals surface area contributed by atoms with E-state index in [4.69, 9.17) is 7.48 Å². The molecule has 6 nitrogen and oxygen atoms in total. The molecule has 33 heavy (non-hydrogen) atoms. The van der Waals surface area contributed by atoms with E-state index in [1.165, 1.54) is 4.90 Å². The fraction of sp³-hybridized carbons (Fsp3) is 0.407. The number of unbranched alkanes of at least 4 members (excludes halogenated alkanes) is 2. The zero-order valence-electron chi connectivity index (χ0n) is 21.0. The Morgan fingerprint density at radius 1 is 1.09 bits per heavy atom. The average Bonchev–Trinajstić information content (AvgIpc) is 3.54. The van der Waals surface area contributed by atoms with Gasteiger partial charge in [0, 0.05) is 32.4 Å². The highest BCUT2D eigenvalue weighted by Gasteiger charge is 2.34. The number of aromatic amines is 1. The Balaban J connectivity index is 1.14. The smallest absolute Gasteiger partial charge is 0.261 e. The van der Waals surface area contributed by atoms with Crippen LogP contribution in [0.3, 0.4) is 0 Å². The van der Waals surface area contributed by atoms with Gasteiger partial charge in [-0.05, 0) is 88.0 Å². The van der Waals surface area contributed by atoms with Crippen molar-refractivity contribution in [2.45, 2.75) is 44.5 Å².